The summed E-state index contributed by atoms with van der Waals surface area (Å²) in [6.45, 7) is -0.193. The first kappa shape index (κ1) is 16.4. The average molecular weight is 359 g/mol. The van der Waals surface area contributed by atoms with E-state index in [1.54, 1.807) is 24.4 Å². The Hall–Kier alpha value is -1.43. The van der Waals surface area contributed by atoms with E-state index in [9.17, 15) is 8.78 Å². The first-order valence-electron chi connectivity index (χ1n) is 7.10. The number of nitrogens with zero attached hydrogens (tertiary/aromatic N) is 2. The van der Waals surface area contributed by atoms with E-state index in [4.69, 9.17) is 28.3 Å². The number of benzene rings is 1. The van der Waals surface area contributed by atoms with Gasteiger partial charge in [-0.15, -0.1) is 0 Å². The third-order valence-electron chi connectivity index (χ3n) is 3.90. The van der Waals surface area contributed by atoms with Gasteiger partial charge in [0.15, 0.2) is 0 Å². The van der Waals surface area contributed by atoms with Crippen molar-refractivity contribution in [1.82, 2.24) is 9.78 Å². The Morgan fingerprint density at radius 3 is 2.83 bits per heavy atom. The quantitative estimate of drug-likeness (QED) is 0.892. The maximum atomic E-state index is 14.2. The van der Waals surface area contributed by atoms with Gasteiger partial charge in [-0.1, -0.05) is 29.3 Å². The number of aliphatic hydroxyl groups is 1. The van der Waals surface area contributed by atoms with E-state index < -0.39 is 12.5 Å². The zero-order chi connectivity index (χ0) is 16.6. The van der Waals surface area contributed by atoms with Crippen molar-refractivity contribution >= 4 is 28.8 Å². The Kier molecular flexibility index (Phi) is 4.45. The van der Waals surface area contributed by atoms with Gasteiger partial charge in [0.05, 0.1) is 25.0 Å². The second kappa shape index (κ2) is 6.23. The van der Waals surface area contributed by atoms with Crippen LogP contribution in [0.15, 0.2) is 30.5 Å². The number of aliphatic hydroxyl groups excluding tert-OH is 1. The third-order valence-corrected chi connectivity index (χ3v) is 4.49. The van der Waals surface area contributed by atoms with Crippen LogP contribution in [0, 0.1) is 0 Å². The van der Waals surface area contributed by atoms with Gasteiger partial charge in [-0.05, 0) is 35.8 Å². The Morgan fingerprint density at radius 1 is 1.35 bits per heavy atom. The normalized spacial score (nSPS) is 18.2. The van der Waals surface area contributed by atoms with Crippen molar-refractivity contribution in [2.24, 2.45) is 0 Å². The minimum atomic E-state index is -2.97. The van der Waals surface area contributed by atoms with E-state index in [0.717, 1.165) is 17.2 Å². The Morgan fingerprint density at radius 2 is 2.13 bits per heavy atom. The summed E-state index contributed by atoms with van der Waals surface area (Å²) in [5.41, 5.74) is 1.67. The standard InChI is InChI=1S/C16H14Cl2F2N2O/c17-12-2-1-11(14(18)7-12)9-22-15-10(8-21-22)3-5-16(19,20)13(15)4-6-23/h1-2,4,7-8,23H,3,5-6,9H2/b13-4-. The predicted molar refractivity (Wildman–Crippen MR) is 86.1 cm³/mol. The van der Waals surface area contributed by atoms with Crippen molar-refractivity contribution in [2.45, 2.75) is 25.3 Å². The van der Waals surface area contributed by atoms with Crippen LogP contribution in [0.1, 0.15) is 23.2 Å². The fourth-order valence-corrected chi connectivity index (χ4v) is 3.26. The molecule has 23 heavy (non-hydrogen) atoms. The topological polar surface area (TPSA) is 38.1 Å². The molecule has 0 aliphatic heterocycles. The van der Waals surface area contributed by atoms with Crippen LogP contribution in [0.4, 0.5) is 8.78 Å². The molecule has 7 heteroatoms. The van der Waals surface area contributed by atoms with Crippen molar-refractivity contribution in [1.29, 1.82) is 0 Å². The summed E-state index contributed by atoms with van der Waals surface area (Å²) >= 11 is 12.0. The van der Waals surface area contributed by atoms with E-state index >= 15 is 0 Å². The van der Waals surface area contributed by atoms with Crippen molar-refractivity contribution in [3.8, 4) is 0 Å². The monoisotopic (exact) mass is 358 g/mol. The Bertz CT molecular complexity index is 771. The molecule has 122 valence electrons. The molecule has 0 amide bonds. The SMILES string of the molecule is OC/C=C1/c2c(cnn2Cc2ccc(Cl)cc2Cl)CCC1(F)F. The lowest BCUT2D eigenvalue weighted by atomic mass is 9.89. The lowest BCUT2D eigenvalue weighted by Gasteiger charge is -2.26. The molecule has 0 radical (unpaired) electrons. The molecular weight excluding hydrogens is 345 g/mol. The number of hydrogen-bond acceptors (Lipinski definition) is 2. The highest BCUT2D eigenvalue weighted by molar-refractivity contribution is 6.35. The van der Waals surface area contributed by atoms with Gasteiger partial charge in [-0.25, -0.2) is 8.78 Å². The maximum absolute atomic E-state index is 14.2. The molecule has 0 unspecified atom stereocenters. The van der Waals surface area contributed by atoms with Gasteiger partial charge in [0.1, 0.15) is 0 Å². The lowest BCUT2D eigenvalue weighted by Crippen LogP contribution is -2.27. The van der Waals surface area contributed by atoms with Gasteiger partial charge in [0.2, 0.25) is 0 Å². The molecule has 3 rings (SSSR count). The molecule has 1 aromatic heterocycles. The summed E-state index contributed by atoms with van der Waals surface area (Å²) in [5.74, 6) is -2.97. The van der Waals surface area contributed by atoms with Crippen LogP contribution in [0.5, 0.6) is 0 Å². The summed E-state index contributed by atoms with van der Waals surface area (Å²) in [6.07, 6.45) is 2.72. The highest BCUT2D eigenvalue weighted by atomic mass is 35.5. The molecule has 0 bridgehead atoms. The third kappa shape index (κ3) is 3.13. The van der Waals surface area contributed by atoms with Crippen molar-refractivity contribution in [3.63, 3.8) is 0 Å². The van der Waals surface area contributed by atoms with Gasteiger partial charge in [0.25, 0.3) is 5.92 Å². The number of hydrogen-bond donors (Lipinski definition) is 1. The predicted octanol–water partition coefficient (Wildman–Crippen LogP) is 4.20. The fourth-order valence-electron chi connectivity index (χ4n) is 2.79. The van der Waals surface area contributed by atoms with Gasteiger partial charge in [0, 0.05) is 22.0 Å². The molecule has 1 heterocycles. The van der Waals surface area contributed by atoms with Gasteiger partial charge < -0.3 is 5.11 Å². The van der Waals surface area contributed by atoms with Crippen molar-refractivity contribution in [2.75, 3.05) is 6.61 Å². The summed E-state index contributed by atoms with van der Waals surface area (Å²) < 4.78 is 29.9. The number of halogens is 4. The molecule has 1 aliphatic carbocycles. The number of allylic oxidation sites excluding steroid dienone is 1. The van der Waals surface area contributed by atoms with Crippen LogP contribution >= 0.6 is 23.2 Å². The largest absolute Gasteiger partial charge is 0.392 e. The zero-order valence-electron chi connectivity index (χ0n) is 12.1. The second-order valence-electron chi connectivity index (χ2n) is 5.42. The van der Waals surface area contributed by atoms with Gasteiger partial charge in [-0.3, -0.25) is 4.68 Å². The van der Waals surface area contributed by atoms with E-state index in [2.05, 4.69) is 5.10 Å². The molecule has 0 saturated heterocycles. The average Bonchev–Trinajstić information content (AvgIpc) is 2.88. The molecule has 1 aromatic carbocycles. The van der Waals surface area contributed by atoms with E-state index in [0.29, 0.717) is 15.7 Å². The molecule has 0 atom stereocenters. The van der Waals surface area contributed by atoms with Crippen LogP contribution < -0.4 is 0 Å². The first-order chi connectivity index (χ1) is 10.9. The minimum Gasteiger partial charge on any atom is -0.392 e. The van der Waals surface area contributed by atoms with Crippen molar-refractivity contribution < 1.29 is 13.9 Å². The Balaban J connectivity index is 2.03. The lowest BCUT2D eigenvalue weighted by molar-refractivity contribution is 0.0528. The van der Waals surface area contributed by atoms with Crippen LogP contribution in [-0.4, -0.2) is 27.4 Å². The molecular formula is C16H14Cl2F2N2O. The minimum absolute atomic E-state index is 0.177. The molecule has 0 fully saturated rings. The first-order valence-corrected chi connectivity index (χ1v) is 7.86. The zero-order valence-corrected chi connectivity index (χ0v) is 13.6. The van der Waals surface area contributed by atoms with Crippen molar-refractivity contribution in [3.05, 3.63) is 57.3 Å². The number of aryl methyl sites for hydroxylation is 1. The fraction of sp³-hybridized carbons (Fsp3) is 0.312. The van der Waals surface area contributed by atoms with Crippen LogP contribution in [0.25, 0.3) is 5.57 Å². The molecule has 1 aliphatic rings. The van der Waals surface area contributed by atoms with E-state index in [1.165, 1.54) is 4.68 Å². The molecule has 3 nitrogen and oxygen atoms in total. The van der Waals surface area contributed by atoms with Gasteiger partial charge >= 0.3 is 0 Å². The summed E-state index contributed by atoms with van der Waals surface area (Å²) in [6, 6.07) is 5.04. The summed E-state index contributed by atoms with van der Waals surface area (Å²) in [5, 5.41) is 14.3. The van der Waals surface area contributed by atoms with Gasteiger partial charge in [-0.2, -0.15) is 5.10 Å². The van der Waals surface area contributed by atoms with Crippen LogP contribution in [-0.2, 0) is 13.0 Å². The number of fused-ring (bicyclic) bond motifs is 1. The smallest absolute Gasteiger partial charge is 0.275 e. The highest BCUT2D eigenvalue weighted by Crippen LogP contribution is 2.42. The molecule has 0 spiro atoms. The number of aromatic nitrogens is 2. The van der Waals surface area contributed by atoms with Crippen LogP contribution in [0.2, 0.25) is 10.0 Å². The second-order valence-corrected chi connectivity index (χ2v) is 6.26. The number of alkyl halides is 2. The number of rotatable bonds is 3. The molecule has 0 saturated carbocycles. The summed E-state index contributed by atoms with van der Waals surface area (Å²) in [7, 11) is 0. The maximum Gasteiger partial charge on any atom is 0.275 e. The molecule has 2 aromatic rings. The van der Waals surface area contributed by atoms with Crippen LogP contribution in [0.3, 0.4) is 0 Å². The molecule has 1 N–H and O–H groups in total. The Labute approximate surface area is 142 Å². The highest BCUT2D eigenvalue weighted by Gasteiger charge is 2.41. The summed E-state index contributed by atoms with van der Waals surface area (Å²) in [4.78, 5) is 0. The van der Waals surface area contributed by atoms with E-state index in [1.807, 2.05) is 0 Å². The van der Waals surface area contributed by atoms with E-state index in [-0.39, 0.29) is 25.0 Å².